The second-order valence-electron chi connectivity index (χ2n) is 8.00. The quantitative estimate of drug-likeness (QED) is 0.329. The maximum atomic E-state index is 13.0. The van der Waals surface area contributed by atoms with Crippen molar-refractivity contribution >= 4 is 60.7 Å². The molecule has 1 aliphatic rings. The van der Waals surface area contributed by atoms with E-state index in [1.54, 1.807) is 23.6 Å². The molecular formula is C25H20ClN3O7S2. The number of amides is 1. The summed E-state index contributed by atoms with van der Waals surface area (Å²) < 4.78 is 46.0. The predicted molar refractivity (Wildman–Crippen MR) is 141 cm³/mol. The summed E-state index contributed by atoms with van der Waals surface area (Å²) in [5, 5.41) is 0.420. The second kappa shape index (κ2) is 10.5. The summed E-state index contributed by atoms with van der Waals surface area (Å²) in [6.07, 6.45) is 0. The first-order chi connectivity index (χ1) is 18.2. The van der Waals surface area contributed by atoms with Crippen LogP contribution in [0.5, 0.6) is 11.5 Å². The number of sulfonamides is 1. The Morgan fingerprint density at radius 1 is 1.08 bits per heavy atom. The smallest absolute Gasteiger partial charge is 0.326 e. The summed E-state index contributed by atoms with van der Waals surface area (Å²) in [7, 11) is -3.84. The zero-order chi connectivity index (χ0) is 26.9. The lowest BCUT2D eigenvalue weighted by molar-refractivity contribution is -0.143. The number of esters is 1. The van der Waals surface area contributed by atoms with Gasteiger partial charge in [-0.2, -0.15) is 4.99 Å². The fraction of sp³-hybridized carbons (Fsp3) is 0.160. The molecule has 0 aliphatic carbocycles. The minimum Gasteiger partial charge on any atom is -0.465 e. The van der Waals surface area contributed by atoms with E-state index in [9.17, 15) is 18.0 Å². The molecule has 0 saturated carbocycles. The topological polar surface area (TPSA) is 125 Å². The molecule has 10 nitrogen and oxygen atoms in total. The van der Waals surface area contributed by atoms with Crippen molar-refractivity contribution in [3.8, 4) is 11.5 Å². The Kier molecular flexibility index (Phi) is 7.11. The normalized spacial score (nSPS) is 13.1. The van der Waals surface area contributed by atoms with E-state index < -0.39 is 21.9 Å². The Balaban J connectivity index is 1.43. The SMILES string of the molecule is CCOC(=O)Cn1c(=NC(=O)c2ccc(NS(=O)(=O)c3ccc(Cl)cc3)cc2)sc2cc3c(cc21)OCO3. The van der Waals surface area contributed by atoms with Crippen molar-refractivity contribution < 1.29 is 32.2 Å². The number of benzene rings is 3. The zero-order valence-electron chi connectivity index (χ0n) is 19.8. The molecule has 196 valence electrons. The third kappa shape index (κ3) is 5.37. The number of carbonyl (C=O) groups is 2. The van der Waals surface area contributed by atoms with Crippen LogP contribution in [0.1, 0.15) is 17.3 Å². The standard InChI is InChI=1S/C25H20ClN3O7S2/c1-2-34-23(30)13-29-19-11-20-21(36-14-35-20)12-22(19)37-25(29)27-24(31)15-3-7-17(8-4-15)28-38(32,33)18-9-5-16(26)6-10-18/h3-12,28H,2,13-14H2,1H3. The van der Waals surface area contributed by atoms with E-state index >= 15 is 0 Å². The number of hydrogen-bond acceptors (Lipinski definition) is 8. The number of aromatic nitrogens is 1. The highest BCUT2D eigenvalue weighted by Gasteiger charge is 2.20. The van der Waals surface area contributed by atoms with Gasteiger partial charge < -0.3 is 18.8 Å². The highest BCUT2D eigenvalue weighted by atomic mass is 35.5. The maximum absolute atomic E-state index is 13.0. The van der Waals surface area contributed by atoms with Crippen LogP contribution in [0.25, 0.3) is 10.2 Å². The van der Waals surface area contributed by atoms with Crippen LogP contribution in [-0.4, -0.2) is 38.3 Å². The van der Waals surface area contributed by atoms with Gasteiger partial charge in [0, 0.05) is 28.4 Å². The Morgan fingerprint density at radius 2 is 1.76 bits per heavy atom. The lowest BCUT2D eigenvalue weighted by Gasteiger charge is -2.08. The van der Waals surface area contributed by atoms with E-state index in [0.29, 0.717) is 22.0 Å². The summed E-state index contributed by atoms with van der Waals surface area (Å²) in [4.78, 5) is 29.9. The minimum absolute atomic E-state index is 0.0507. The molecule has 13 heteroatoms. The molecule has 1 amide bonds. The van der Waals surface area contributed by atoms with Crippen molar-refractivity contribution in [2.24, 2.45) is 4.99 Å². The molecule has 3 aromatic carbocycles. The van der Waals surface area contributed by atoms with Crippen molar-refractivity contribution in [2.75, 3.05) is 18.1 Å². The van der Waals surface area contributed by atoms with E-state index in [4.69, 9.17) is 25.8 Å². The summed E-state index contributed by atoms with van der Waals surface area (Å²) >= 11 is 7.04. The summed E-state index contributed by atoms with van der Waals surface area (Å²) in [5.41, 5.74) is 1.14. The number of anilines is 1. The molecule has 0 spiro atoms. The van der Waals surface area contributed by atoms with Crippen molar-refractivity contribution in [2.45, 2.75) is 18.4 Å². The number of carbonyl (C=O) groups excluding carboxylic acids is 2. The summed E-state index contributed by atoms with van der Waals surface area (Å²) in [6, 6.07) is 15.1. The molecule has 1 N–H and O–H groups in total. The molecular weight excluding hydrogens is 554 g/mol. The third-order valence-electron chi connectivity index (χ3n) is 5.47. The molecule has 0 radical (unpaired) electrons. The van der Waals surface area contributed by atoms with Gasteiger partial charge in [0.05, 0.1) is 21.7 Å². The van der Waals surface area contributed by atoms with Crippen LogP contribution >= 0.6 is 22.9 Å². The summed E-state index contributed by atoms with van der Waals surface area (Å²) in [6.45, 7) is 1.88. The molecule has 38 heavy (non-hydrogen) atoms. The fourth-order valence-electron chi connectivity index (χ4n) is 3.69. The predicted octanol–water partition coefficient (Wildman–Crippen LogP) is 4.19. The van der Waals surface area contributed by atoms with Gasteiger partial charge in [0.2, 0.25) is 6.79 Å². The van der Waals surface area contributed by atoms with Crippen LogP contribution in [0, 0.1) is 0 Å². The number of nitrogens with one attached hydrogen (secondary N) is 1. The van der Waals surface area contributed by atoms with E-state index in [1.165, 1.54) is 59.9 Å². The molecule has 4 aromatic rings. The number of nitrogens with zero attached hydrogens (tertiary/aromatic N) is 2. The Bertz CT molecular complexity index is 1710. The average molecular weight is 574 g/mol. The number of thiazole rings is 1. The van der Waals surface area contributed by atoms with Gasteiger partial charge in [-0.3, -0.25) is 14.3 Å². The van der Waals surface area contributed by atoms with Gasteiger partial charge in [0.15, 0.2) is 16.3 Å². The second-order valence-corrected chi connectivity index (χ2v) is 11.1. The Morgan fingerprint density at radius 3 is 2.45 bits per heavy atom. The number of ether oxygens (including phenoxy) is 3. The first-order valence-corrected chi connectivity index (χ1v) is 14.0. The molecule has 0 fully saturated rings. The van der Waals surface area contributed by atoms with Crippen LogP contribution in [0.4, 0.5) is 5.69 Å². The van der Waals surface area contributed by atoms with Crippen molar-refractivity contribution in [3.63, 3.8) is 0 Å². The molecule has 1 aromatic heterocycles. The van der Waals surface area contributed by atoms with Gasteiger partial charge in [-0.1, -0.05) is 22.9 Å². The van der Waals surface area contributed by atoms with E-state index in [2.05, 4.69) is 9.71 Å². The first-order valence-electron chi connectivity index (χ1n) is 11.3. The van der Waals surface area contributed by atoms with E-state index in [0.717, 1.165) is 4.70 Å². The van der Waals surface area contributed by atoms with Crippen molar-refractivity contribution in [1.29, 1.82) is 0 Å². The van der Waals surface area contributed by atoms with Gasteiger partial charge in [-0.25, -0.2) is 8.42 Å². The molecule has 0 bridgehead atoms. The van der Waals surface area contributed by atoms with Crippen LogP contribution in [0.3, 0.4) is 0 Å². The fourth-order valence-corrected chi connectivity index (χ4v) is 5.92. The average Bonchev–Trinajstić information content (AvgIpc) is 3.47. The number of rotatable bonds is 7. The van der Waals surface area contributed by atoms with Crippen LogP contribution < -0.4 is 19.0 Å². The Hall–Kier alpha value is -3.87. The zero-order valence-corrected chi connectivity index (χ0v) is 22.2. The van der Waals surface area contributed by atoms with E-state index in [-0.39, 0.29) is 40.9 Å². The molecule has 0 atom stereocenters. The molecule has 2 heterocycles. The maximum Gasteiger partial charge on any atom is 0.326 e. The third-order valence-corrected chi connectivity index (χ3v) is 8.17. The minimum atomic E-state index is -3.84. The van der Waals surface area contributed by atoms with Crippen molar-refractivity contribution in [3.05, 3.63) is 76.1 Å². The van der Waals surface area contributed by atoms with Gasteiger partial charge in [-0.05, 0) is 55.5 Å². The van der Waals surface area contributed by atoms with Crippen LogP contribution in [-0.2, 0) is 26.1 Å². The largest absolute Gasteiger partial charge is 0.465 e. The van der Waals surface area contributed by atoms with Gasteiger partial charge in [0.1, 0.15) is 6.54 Å². The lowest BCUT2D eigenvalue weighted by Crippen LogP contribution is -2.23. The van der Waals surface area contributed by atoms with Gasteiger partial charge in [0.25, 0.3) is 15.9 Å². The van der Waals surface area contributed by atoms with Gasteiger partial charge >= 0.3 is 5.97 Å². The number of hydrogen-bond donors (Lipinski definition) is 1. The number of fused-ring (bicyclic) bond motifs is 2. The molecule has 0 unspecified atom stereocenters. The molecule has 5 rings (SSSR count). The first kappa shape index (κ1) is 25.8. The Labute approximate surface area is 226 Å². The highest BCUT2D eigenvalue weighted by molar-refractivity contribution is 7.92. The number of halogens is 1. The summed E-state index contributed by atoms with van der Waals surface area (Å²) in [5.74, 6) is 0.0522. The lowest BCUT2D eigenvalue weighted by atomic mass is 10.2. The van der Waals surface area contributed by atoms with Gasteiger partial charge in [-0.15, -0.1) is 0 Å². The van der Waals surface area contributed by atoms with Crippen LogP contribution in [0.15, 0.2) is 70.6 Å². The van der Waals surface area contributed by atoms with Crippen molar-refractivity contribution in [1.82, 2.24) is 4.57 Å². The molecule has 1 aliphatic heterocycles. The highest BCUT2D eigenvalue weighted by Crippen LogP contribution is 2.37. The molecule has 0 saturated heterocycles. The van der Waals surface area contributed by atoms with Crippen LogP contribution in [0.2, 0.25) is 5.02 Å². The van der Waals surface area contributed by atoms with E-state index in [1.807, 2.05) is 0 Å². The monoisotopic (exact) mass is 573 g/mol.